The number of hydrogen-bond donors (Lipinski definition) is 1. The molecule has 0 heterocycles. The summed E-state index contributed by atoms with van der Waals surface area (Å²) < 4.78 is 0. The molecule has 0 saturated heterocycles. The highest BCUT2D eigenvalue weighted by molar-refractivity contribution is 5.88. The van der Waals surface area contributed by atoms with Crippen LogP contribution in [-0.2, 0) is 22.7 Å². The van der Waals surface area contributed by atoms with Crippen molar-refractivity contribution in [1.29, 1.82) is 0 Å². The number of benzene rings is 2. The smallest absolute Gasteiger partial charge is 0.227 e. The van der Waals surface area contributed by atoms with Crippen LogP contribution in [0.4, 0.5) is 0 Å². The van der Waals surface area contributed by atoms with E-state index in [0.717, 1.165) is 11.1 Å². The highest BCUT2D eigenvalue weighted by Crippen LogP contribution is 2.29. The van der Waals surface area contributed by atoms with E-state index in [0.29, 0.717) is 25.9 Å². The first-order chi connectivity index (χ1) is 14.3. The Labute approximate surface area is 180 Å². The second-order valence-electron chi connectivity index (χ2n) is 9.06. The van der Waals surface area contributed by atoms with Crippen molar-refractivity contribution in [3.63, 3.8) is 0 Å². The molecule has 3 rings (SSSR count). The number of carbonyl (C=O) groups is 2. The lowest BCUT2D eigenvalue weighted by molar-refractivity contribution is -0.143. The Kier molecular flexibility index (Phi) is 7.09. The van der Waals surface area contributed by atoms with Gasteiger partial charge in [0.1, 0.15) is 0 Å². The fraction of sp³-hybridized carbons (Fsp3) is 0.385. The molecule has 0 saturated carbocycles. The Balaban J connectivity index is 1.84. The van der Waals surface area contributed by atoms with Crippen LogP contribution in [-0.4, -0.2) is 22.3 Å². The summed E-state index contributed by atoms with van der Waals surface area (Å²) in [7, 11) is 0. The lowest BCUT2D eigenvalue weighted by Gasteiger charge is -2.34. The molecule has 2 aromatic rings. The number of allylic oxidation sites excluding steroid dienone is 2. The van der Waals surface area contributed by atoms with Gasteiger partial charge in [0.15, 0.2) is 0 Å². The minimum atomic E-state index is -0.343. The van der Waals surface area contributed by atoms with Gasteiger partial charge in [-0.3, -0.25) is 9.59 Å². The van der Waals surface area contributed by atoms with Gasteiger partial charge >= 0.3 is 0 Å². The summed E-state index contributed by atoms with van der Waals surface area (Å²) in [4.78, 5) is 28.5. The topological polar surface area (TPSA) is 49.4 Å². The molecule has 2 atom stereocenters. The second-order valence-corrected chi connectivity index (χ2v) is 9.06. The van der Waals surface area contributed by atoms with Crippen molar-refractivity contribution in [2.75, 3.05) is 0 Å². The SMILES string of the molecule is CC(C)(C)NC(=O)C1CC=CCC1C(=O)N(Cc1ccccc1)Cc1ccccc1. The van der Waals surface area contributed by atoms with Crippen LogP contribution in [0.2, 0.25) is 0 Å². The van der Waals surface area contributed by atoms with Crippen LogP contribution in [0.25, 0.3) is 0 Å². The molecule has 0 aromatic heterocycles. The van der Waals surface area contributed by atoms with Crippen molar-refractivity contribution in [2.45, 2.75) is 52.2 Å². The monoisotopic (exact) mass is 404 g/mol. The van der Waals surface area contributed by atoms with E-state index in [2.05, 4.69) is 5.32 Å². The van der Waals surface area contributed by atoms with Crippen molar-refractivity contribution < 1.29 is 9.59 Å². The summed E-state index contributed by atoms with van der Waals surface area (Å²) >= 11 is 0. The standard InChI is InChI=1S/C26H32N2O2/c1-26(2,3)27-24(29)22-16-10-11-17-23(22)25(30)28(18-20-12-6-4-7-13-20)19-21-14-8-5-9-15-21/h4-15,22-23H,16-19H2,1-3H3,(H,27,29). The van der Waals surface area contributed by atoms with E-state index in [-0.39, 0.29) is 29.2 Å². The van der Waals surface area contributed by atoms with Gasteiger partial charge in [0.25, 0.3) is 0 Å². The van der Waals surface area contributed by atoms with E-state index in [9.17, 15) is 9.59 Å². The zero-order chi connectivity index (χ0) is 21.6. The maximum absolute atomic E-state index is 13.7. The van der Waals surface area contributed by atoms with Crippen LogP contribution >= 0.6 is 0 Å². The molecule has 1 aliphatic rings. The van der Waals surface area contributed by atoms with Crippen molar-refractivity contribution in [3.8, 4) is 0 Å². The number of nitrogens with one attached hydrogen (secondary N) is 1. The van der Waals surface area contributed by atoms with Crippen molar-refractivity contribution in [1.82, 2.24) is 10.2 Å². The third kappa shape index (κ3) is 6.06. The first kappa shape index (κ1) is 21.8. The molecule has 2 aromatic carbocycles. The molecule has 0 bridgehead atoms. The predicted octanol–water partition coefficient (Wildman–Crippen LogP) is 4.71. The average molecular weight is 405 g/mol. The first-order valence-electron chi connectivity index (χ1n) is 10.7. The van der Waals surface area contributed by atoms with E-state index >= 15 is 0 Å². The molecule has 1 aliphatic carbocycles. The summed E-state index contributed by atoms with van der Waals surface area (Å²) in [5.41, 5.74) is 1.85. The van der Waals surface area contributed by atoms with Crippen LogP contribution < -0.4 is 5.32 Å². The van der Waals surface area contributed by atoms with E-state index in [1.165, 1.54) is 0 Å². The summed E-state index contributed by atoms with van der Waals surface area (Å²) in [6.07, 6.45) is 5.26. The normalized spacial score (nSPS) is 18.6. The molecule has 0 aliphatic heterocycles. The summed E-state index contributed by atoms with van der Waals surface area (Å²) in [5, 5.41) is 3.07. The Morgan fingerprint density at radius 1 is 0.833 bits per heavy atom. The van der Waals surface area contributed by atoms with E-state index < -0.39 is 0 Å². The lowest BCUT2D eigenvalue weighted by atomic mass is 9.80. The van der Waals surface area contributed by atoms with Gasteiger partial charge in [-0.1, -0.05) is 72.8 Å². The quantitative estimate of drug-likeness (QED) is 0.709. The molecule has 2 amide bonds. The van der Waals surface area contributed by atoms with E-state index in [1.807, 2.05) is 98.5 Å². The molecule has 0 fully saturated rings. The second kappa shape index (κ2) is 9.75. The molecular formula is C26H32N2O2. The fourth-order valence-corrected chi connectivity index (χ4v) is 3.89. The number of amides is 2. The number of carbonyl (C=O) groups excluding carboxylic acids is 2. The molecule has 1 N–H and O–H groups in total. The number of nitrogens with zero attached hydrogens (tertiary/aromatic N) is 1. The molecule has 0 spiro atoms. The maximum atomic E-state index is 13.7. The van der Waals surface area contributed by atoms with Crippen molar-refractivity contribution in [3.05, 3.63) is 83.9 Å². The highest BCUT2D eigenvalue weighted by atomic mass is 16.2. The molecule has 4 heteroatoms. The summed E-state index contributed by atoms with van der Waals surface area (Å²) in [5.74, 6) is -0.675. The van der Waals surface area contributed by atoms with Crippen LogP contribution in [0.1, 0.15) is 44.7 Å². The van der Waals surface area contributed by atoms with E-state index in [1.54, 1.807) is 0 Å². The Morgan fingerprint density at radius 2 is 1.30 bits per heavy atom. The summed E-state index contributed by atoms with van der Waals surface area (Å²) in [6.45, 7) is 6.97. The van der Waals surface area contributed by atoms with Crippen LogP contribution in [0.15, 0.2) is 72.8 Å². The Morgan fingerprint density at radius 3 is 1.77 bits per heavy atom. The molecule has 4 nitrogen and oxygen atoms in total. The third-order valence-corrected chi connectivity index (χ3v) is 5.33. The largest absolute Gasteiger partial charge is 0.351 e. The molecule has 30 heavy (non-hydrogen) atoms. The first-order valence-corrected chi connectivity index (χ1v) is 10.7. The van der Waals surface area contributed by atoms with Crippen LogP contribution in [0.5, 0.6) is 0 Å². The van der Waals surface area contributed by atoms with Crippen molar-refractivity contribution in [2.24, 2.45) is 11.8 Å². The van der Waals surface area contributed by atoms with Gasteiger partial charge in [-0.2, -0.15) is 0 Å². The highest BCUT2D eigenvalue weighted by Gasteiger charge is 2.37. The molecule has 2 unspecified atom stereocenters. The van der Waals surface area contributed by atoms with Crippen molar-refractivity contribution >= 4 is 11.8 Å². The fourth-order valence-electron chi connectivity index (χ4n) is 3.89. The van der Waals surface area contributed by atoms with Gasteiger partial charge in [-0.05, 0) is 44.7 Å². The number of hydrogen-bond acceptors (Lipinski definition) is 2. The maximum Gasteiger partial charge on any atom is 0.227 e. The zero-order valence-corrected chi connectivity index (χ0v) is 18.2. The average Bonchev–Trinajstić information content (AvgIpc) is 2.73. The van der Waals surface area contributed by atoms with Gasteiger partial charge in [-0.25, -0.2) is 0 Å². The minimum Gasteiger partial charge on any atom is -0.351 e. The predicted molar refractivity (Wildman–Crippen MR) is 120 cm³/mol. The van der Waals surface area contributed by atoms with Gasteiger partial charge < -0.3 is 10.2 Å². The lowest BCUT2D eigenvalue weighted by Crippen LogP contribution is -2.49. The van der Waals surface area contributed by atoms with Gasteiger partial charge in [0.05, 0.1) is 11.8 Å². The molecular weight excluding hydrogens is 372 g/mol. The zero-order valence-electron chi connectivity index (χ0n) is 18.2. The Bertz CT molecular complexity index is 827. The van der Waals surface area contributed by atoms with Gasteiger partial charge in [-0.15, -0.1) is 0 Å². The van der Waals surface area contributed by atoms with Crippen LogP contribution in [0.3, 0.4) is 0 Å². The number of rotatable bonds is 6. The van der Waals surface area contributed by atoms with Gasteiger partial charge in [0, 0.05) is 18.6 Å². The Hall–Kier alpha value is -2.88. The minimum absolute atomic E-state index is 0.0374. The third-order valence-electron chi connectivity index (χ3n) is 5.33. The molecule has 158 valence electrons. The van der Waals surface area contributed by atoms with E-state index in [4.69, 9.17) is 0 Å². The molecule has 0 radical (unpaired) electrons. The van der Waals surface area contributed by atoms with Gasteiger partial charge in [0.2, 0.25) is 11.8 Å². The summed E-state index contributed by atoms with van der Waals surface area (Å²) in [6, 6.07) is 20.1. The van der Waals surface area contributed by atoms with Crippen LogP contribution in [0, 0.1) is 11.8 Å².